The first-order valence-corrected chi connectivity index (χ1v) is 6.90. The summed E-state index contributed by atoms with van der Waals surface area (Å²) in [6.07, 6.45) is 5.27. The van der Waals surface area contributed by atoms with E-state index in [-0.39, 0.29) is 10.9 Å². The van der Waals surface area contributed by atoms with E-state index in [0.717, 1.165) is 0 Å². The van der Waals surface area contributed by atoms with Crippen LogP contribution < -0.4 is 5.43 Å². The molecule has 2 heterocycles. The molecule has 2 aromatic heterocycles. The van der Waals surface area contributed by atoms with Crippen LogP contribution in [-0.4, -0.2) is 19.3 Å². The Hall–Kier alpha value is -2.76. The van der Waals surface area contributed by atoms with Gasteiger partial charge in [-0.25, -0.2) is 4.39 Å². The van der Waals surface area contributed by atoms with Crippen molar-refractivity contribution < 1.29 is 14.6 Å². The first-order valence-electron chi connectivity index (χ1n) is 6.90. The van der Waals surface area contributed by atoms with Crippen molar-refractivity contribution in [1.29, 1.82) is 0 Å². The van der Waals surface area contributed by atoms with Crippen LogP contribution in [0, 0.1) is 5.82 Å². The van der Waals surface area contributed by atoms with Gasteiger partial charge in [0.15, 0.2) is 22.7 Å². The molecular formula is C16H15FN2O3. The molecule has 0 bridgehead atoms. The van der Waals surface area contributed by atoms with Crippen molar-refractivity contribution in [3.05, 3.63) is 58.4 Å². The molecule has 22 heavy (non-hydrogen) atoms. The van der Waals surface area contributed by atoms with Gasteiger partial charge in [-0.15, -0.1) is 0 Å². The maximum absolute atomic E-state index is 14.3. The topological polar surface area (TPSA) is 67.4 Å². The summed E-state index contributed by atoms with van der Waals surface area (Å²) in [7, 11) is 0. The highest BCUT2D eigenvalue weighted by Crippen LogP contribution is 2.33. The van der Waals surface area contributed by atoms with Crippen molar-refractivity contribution >= 4 is 10.9 Å². The summed E-state index contributed by atoms with van der Waals surface area (Å²) in [5, 5.41) is 18.9. The first-order chi connectivity index (χ1) is 10.5. The number of phenolic OH excluding ortho intramolecular Hbond substituents is 2. The smallest absolute Gasteiger partial charge is 0.197 e. The van der Waals surface area contributed by atoms with Crippen LogP contribution in [0.25, 0.3) is 10.9 Å². The Morgan fingerprint density at radius 1 is 1.23 bits per heavy atom. The minimum absolute atomic E-state index is 0.207. The number of aromatic hydroxyl groups is 2. The third-order valence-corrected chi connectivity index (χ3v) is 3.70. The number of fused-ring (bicyclic) bond motifs is 1. The summed E-state index contributed by atoms with van der Waals surface area (Å²) in [5.74, 6) is -2.56. The molecule has 3 rings (SSSR count). The van der Waals surface area contributed by atoms with E-state index in [1.165, 1.54) is 6.07 Å². The molecule has 0 amide bonds. The monoisotopic (exact) mass is 302 g/mol. The predicted molar refractivity (Wildman–Crippen MR) is 80.7 cm³/mol. The quantitative estimate of drug-likeness (QED) is 0.730. The third kappa shape index (κ3) is 2.13. The molecule has 0 fully saturated rings. The standard InChI is InChI=1S/C16H15FN2O3/c1-2-19-9-10(8-18-5-3-4-6-18)15(21)13-11(19)7-12(20)16(22)14(13)17/h3-7,9,20,22H,2,8H2,1H3. The van der Waals surface area contributed by atoms with Gasteiger partial charge in [0.05, 0.1) is 17.4 Å². The Morgan fingerprint density at radius 3 is 2.55 bits per heavy atom. The van der Waals surface area contributed by atoms with E-state index in [4.69, 9.17) is 0 Å². The van der Waals surface area contributed by atoms with Crippen LogP contribution in [0.1, 0.15) is 12.5 Å². The fourth-order valence-electron chi connectivity index (χ4n) is 2.58. The molecule has 0 unspecified atom stereocenters. The number of pyridine rings is 1. The van der Waals surface area contributed by atoms with Crippen molar-refractivity contribution in [2.75, 3.05) is 0 Å². The van der Waals surface area contributed by atoms with Gasteiger partial charge in [-0.1, -0.05) is 0 Å². The van der Waals surface area contributed by atoms with Gasteiger partial charge >= 0.3 is 0 Å². The van der Waals surface area contributed by atoms with Gasteiger partial charge in [0.2, 0.25) is 0 Å². The van der Waals surface area contributed by atoms with E-state index in [1.54, 1.807) is 15.3 Å². The van der Waals surface area contributed by atoms with Gasteiger partial charge < -0.3 is 19.3 Å². The Balaban J connectivity index is 2.32. The summed E-state index contributed by atoms with van der Waals surface area (Å²) in [6.45, 7) is 2.66. The second-order valence-electron chi connectivity index (χ2n) is 5.08. The van der Waals surface area contributed by atoms with Crippen molar-refractivity contribution in [3.8, 4) is 11.5 Å². The van der Waals surface area contributed by atoms with E-state index >= 15 is 0 Å². The number of rotatable bonds is 3. The molecule has 0 saturated heterocycles. The van der Waals surface area contributed by atoms with Gasteiger partial charge in [0.25, 0.3) is 0 Å². The fourth-order valence-corrected chi connectivity index (χ4v) is 2.58. The molecule has 0 spiro atoms. The van der Waals surface area contributed by atoms with E-state index in [2.05, 4.69) is 0 Å². The van der Waals surface area contributed by atoms with Gasteiger partial charge in [0.1, 0.15) is 0 Å². The predicted octanol–water partition coefficient (Wildman–Crippen LogP) is 2.42. The van der Waals surface area contributed by atoms with E-state index in [0.29, 0.717) is 18.7 Å². The van der Waals surface area contributed by atoms with Crippen LogP contribution >= 0.6 is 0 Å². The third-order valence-electron chi connectivity index (χ3n) is 3.70. The van der Waals surface area contributed by atoms with Crippen LogP contribution in [-0.2, 0) is 13.1 Å². The van der Waals surface area contributed by atoms with E-state index in [1.807, 2.05) is 31.5 Å². The Morgan fingerprint density at radius 2 is 1.91 bits per heavy atom. The maximum atomic E-state index is 14.3. The lowest BCUT2D eigenvalue weighted by atomic mass is 10.1. The molecule has 0 aliphatic carbocycles. The minimum atomic E-state index is -1.09. The van der Waals surface area contributed by atoms with Crippen LogP contribution in [0.4, 0.5) is 4.39 Å². The minimum Gasteiger partial charge on any atom is -0.504 e. The van der Waals surface area contributed by atoms with E-state index < -0.39 is 22.7 Å². The van der Waals surface area contributed by atoms with Crippen molar-refractivity contribution in [1.82, 2.24) is 9.13 Å². The van der Waals surface area contributed by atoms with Gasteiger partial charge in [-0.2, -0.15) is 0 Å². The summed E-state index contributed by atoms with van der Waals surface area (Å²) in [4.78, 5) is 12.5. The van der Waals surface area contributed by atoms with Gasteiger partial charge in [-0.05, 0) is 19.1 Å². The zero-order chi connectivity index (χ0) is 15.9. The summed E-state index contributed by atoms with van der Waals surface area (Å²) in [5.41, 5.74) is 0.187. The highest BCUT2D eigenvalue weighted by molar-refractivity contribution is 5.84. The van der Waals surface area contributed by atoms with Gasteiger partial charge in [-0.3, -0.25) is 4.79 Å². The lowest BCUT2D eigenvalue weighted by molar-refractivity contribution is 0.381. The maximum Gasteiger partial charge on any atom is 0.197 e. The Bertz CT molecular complexity index is 898. The van der Waals surface area contributed by atoms with E-state index in [9.17, 15) is 19.4 Å². The second kappa shape index (κ2) is 5.22. The largest absolute Gasteiger partial charge is 0.504 e. The van der Waals surface area contributed by atoms with Crippen LogP contribution in [0.5, 0.6) is 11.5 Å². The van der Waals surface area contributed by atoms with Crippen molar-refractivity contribution in [2.45, 2.75) is 20.0 Å². The Labute approximate surface area is 125 Å². The molecule has 0 radical (unpaired) electrons. The van der Waals surface area contributed by atoms with Gasteiger partial charge in [0, 0.05) is 36.8 Å². The summed E-state index contributed by atoms with van der Waals surface area (Å²) in [6, 6.07) is 4.88. The molecule has 0 saturated carbocycles. The molecule has 114 valence electrons. The molecule has 6 heteroatoms. The average Bonchev–Trinajstić information content (AvgIpc) is 3.00. The molecule has 0 aliphatic rings. The number of nitrogens with zero attached hydrogens (tertiary/aromatic N) is 2. The van der Waals surface area contributed by atoms with Crippen molar-refractivity contribution in [3.63, 3.8) is 0 Å². The zero-order valence-electron chi connectivity index (χ0n) is 12.0. The van der Waals surface area contributed by atoms with Crippen LogP contribution in [0.3, 0.4) is 0 Å². The summed E-state index contributed by atoms with van der Waals surface area (Å²) >= 11 is 0. The SMILES string of the molecule is CCn1cc(Cn2cccc2)c(=O)c2c(F)c(O)c(O)cc21. The highest BCUT2D eigenvalue weighted by atomic mass is 19.1. The van der Waals surface area contributed by atoms with Crippen LogP contribution in [0.2, 0.25) is 0 Å². The van der Waals surface area contributed by atoms with Crippen molar-refractivity contribution in [2.24, 2.45) is 0 Å². The normalized spacial score (nSPS) is 11.2. The number of phenols is 2. The molecule has 3 aromatic rings. The number of aryl methyl sites for hydroxylation is 1. The average molecular weight is 302 g/mol. The molecule has 2 N–H and O–H groups in total. The molecule has 0 aliphatic heterocycles. The second-order valence-corrected chi connectivity index (χ2v) is 5.08. The fraction of sp³-hybridized carbons (Fsp3) is 0.188. The number of halogens is 1. The highest BCUT2D eigenvalue weighted by Gasteiger charge is 2.18. The lowest BCUT2D eigenvalue weighted by Gasteiger charge is -2.14. The first kappa shape index (κ1) is 14.2. The summed E-state index contributed by atoms with van der Waals surface area (Å²) < 4.78 is 17.7. The molecule has 1 aromatic carbocycles. The number of hydrogen-bond acceptors (Lipinski definition) is 3. The van der Waals surface area contributed by atoms with Crippen LogP contribution in [0.15, 0.2) is 41.6 Å². The number of aromatic nitrogens is 2. The molecular weight excluding hydrogens is 287 g/mol. The molecule has 0 atom stereocenters. The Kier molecular flexibility index (Phi) is 3.36. The zero-order valence-corrected chi connectivity index (χ0v) is 12.0. The number of hydrogen-bond donors (Lipinski definition) is 2. The molecule has 5 nitrogen and oxygen atoms in total. The lowest BCUT2D eigenvalue weighted by Crippen LogP contribution is -2.18. The number of benzene rings is 1.